The van der Waals surface area contributed by atoms with Crippen LogP contribution in [0, 0.1) is 13.8 Å². The van der Waals surface area contributed by atoms with Crippen molar-refractivity contribution in [3.05, 3.63) is 83.6 Å². The van der Waals surface area contributed by atoms with Crippen LogP contribution in [0.3, 0.4) is 0 Å². The lowest BCUT2D eigenvalue weighted by Crippen LogP contribution is -2.13. The quantitative estimate of drug-likeness (QED) is 0.381. The maximum absolute atomic E-state index is 12.5. The Morgan fingerprint density at radius 3 is 2.58 bits per heavy atom. The highest BCUT2D eigenvalue weighted by molar-refractivity contribution is 6.00. The van der Waals surface area contributed by atoms with Crippen LogP contribution in [-0.4, -0.2) is 22.9 Å². The maximum atomic E-state index is 12.5. The molecule has 2 aromatic heterocycles. The smallest absolute Gasteiger partial charge is 0.331 e. The molecular formula is C21H19NO4. The van der Waals surface area contributed by atoms with Crippen LogP contribution in [0.2, 0.25) is 0 Å². The minimum atomic E-state index is -0.591. The molecule has 0 saturated carbocycles. The van der Waals surface area contributed by atoms with Gasteiger partial charge in [0.15, 0.2) is 6.61 Å². The number of hydrogen-bond donors (Lipinski definition) is 0. The van der Waals surface area contributed by atoms with Crippen LogP contribution >= 0.6 is 0 Å². The number of aromatic nitrogens is 1. The molecule has 0 spiro atoms. The molecule has 0 amide bonds. The van der Waals surface area contributed by atoms with Crippen LogP contribution in [0.1, 0.15) is 27.5 Å². The highest BCUT2D eigenvalue weighted by atomic mass is 16.5. The SMILES string of the molecule is Cc1cc(C(=O)COC(=O)C=Cc2ccco2)c(C)n1-c1ccccc1. The van der Waals surface area contributed by atoms with E-state index < -0.39 is 5.97 Å². The van der Waals surface area contributed by atoms with E-state index in [2.05, 4.69) is 0 Å². The summed E-state index contributed by atoms with van der Waals surface area (Å²) in [7, 11) is 0. The summed E-state index contributed by atoms with van der Waals surface area (Å²) in [6.45, 7) is 3.52. The van der Waals surface area contributed by atoms with E-state index in [4.69, 9.17) is 9.15 Å². The average Bonchev–Trinajstić information content (AvgIpc) is 3.26. The van der Waals surface area contributed by atoms with Gasteiger partial charge < -0.3 is 13.7 Å². The second-order valence-corrected chi connectivity index (χ2v) is 5.84. The van der Waals surface area contributed by atoms with E-state index in [1.807, 2.05) is 54.8 Å². The van der Waals surface area contributed by atoms with Crippen LogP contribution in [-0.2, 0) is 9.53 Å². The molecule has 0 radical (unpaired) electrons. The van der Waals surface area contributed by atoms with Gasteiger partial charge in [-0.1, -0.05) is 18.2 Å². The maximum Gasteiger partial charge on any atom is 0.331 e. The first kappa shape index (κ1) is 17.5. The number of carbonyl (C=O) groups is 2. The van der Waals surface area contributed by atoms with Crippen molar-refractivity contribution < 1.29 is 18.7 Å². The van der Waals surface area contributed by atoms with Crippen LogP contribution in [0.15, 0.2) is 65.3 Å². The molecule has 0 saturated heterocycles. The normalized spacial score (nSPS) is 11.0. The molecule has 0 bridgehead atoms. The van der Waals surface area contributed by atoms with Gasteiger partial charge in [0.05, 0.1) is 6.26 Å². The van der Waals surface area contributed by atoms with Gasteiger partial charge in [0, 0.05) is 28.7 Å². The molecule has 132 valence electrons. The average molecular weight is 349 g/mol. The third-order valence-electron chi connectivity index (χ3n) is 4.02. The van der Waals surface area contributed by atoms with Crippen molar-refractivity contribution in [2.75, 3.05) is 6.61 Å². The van der Waals surface area contributed by atoms with Gasteiger partial charge in [0.1, 0.15) is 5.76 Å². The molecule has 3 aromatic rings. The molecule has 0 aliphatic carbocycles. The molecule has 5 nitrogen and oxygen atoms in total. The van der Waals surface area contributed by atoms with Crippen LogP contribution in [0.4, 0.5) is 0 Å². The van der Waals surface area contributed by atoms with E-state index in [1.54, 1.807) is 12.1 Å². The number of Topliss-reactive ketones (excluding diaryl/α,β-unsaturated/α-hetero) is 1. The molecule has 2 heterocycles. The van der Waals surface area contributed by atoms with Crippen molar-refractivity contribution in [2.24, 2.45) is 0 Å². The predicted molar refractivity (Wildman–Crippen MR) is 98.3 cm³/mol. The third kappa shape index (κ3) is 3.83. The number of nitrogens with zero attached hydrogens (tertiary/aromatic N) is 1. The van der Waals surface area contributed by atoms with Gasteiger partial charge in [-0.3, -0.25) is 4.79 Å². The molecule has 0 N–H and O–H groups in total. The van der Waals surface area contributed by atoms with E-state index in [1.165, 1.54) is 18.4 Å². The molecule has 0 aliphatic rings. The zero-order valence-electron chi connectivity index (χ0n) is 14.6. The molecule has 5 heteroatoms. The summed E-state index contributed by atoms with van der Waals surface area (Å²) in [6, 6.07) is 15.0. The standard InChI is InChI=1S/C21H19NO4/c1-15-13-19(16(2)22(15)17-7-4-3-5-8-17)20(23)14-26-21(24)11-10-18-9-6-12-25-18/h3-13H,14H2,1-2H3. The lowest BCUT2D eigenvalue weighted by atomic mass is 10.1. The van der Waals surface area contributed by atoms with Gasteiger partial charge in [0.25, 0.3) is 0 Å². The van der Waals surface area contributed by atoms with Crippen molar-refractivity contribution in [2.45, 2.75) is 13.8 Å². The van der Waals surface area contributed by atoms with Crippen molar-refractivity contribution >= 4 is 17.8 Å². The molecule has 0 atom stereocenters. The zero-order valence-corrected chi connectivity index (χ0v) is 14.6. The van der Waals surface area contributed by atoms with Crippen molar-refractivity contribution in [3.63, 3.8) is 0 Å². The van der Waals surface area contributed by atoms with Gasteiger partial charge in [0.2, 0.25) is 5.78 Å². The number of benzene rings is 1. The second-order valence-electron chi connectivity index (χ2n) is 5.84. The first-order chi connectivity index (χ1) is 12.6. The van der Waals surface area contributed by atoms with Crippen molar-refractivity contribution in [1.82, 2.24) is 4.57 Å². The molecule has 0 aliphatic heterocycles. The summed E-state index contributed by atoms with van der Waals surface area (Å²) in [5.41, 5.74) is 3.30. The van der Waals surface area contributed by atoms with Crippen LogP contribution < -0.4 is 0 Å². The topological polar surface area (TPSA) is 61.4 Å². The number of carbonyl (C=O) groups excluding carboxylic acids is 2. The van der Waals surface area contributed by atoms with E-state index in [9.17, 15) is 9.59 Å². The second kappa shape index (κ2) is 7.70. The fraction of sp³-hybridized carbons (Fsp3) is 0.143. The lowest BCUT2D eigenvalue weighted by Gasteiger charge is -2.09. The predicted octanol–water partition coefficient (Wildman–Crippen LogP) is 4.13. The summed E-state index contributed by atoms with van der Waals surface area (Å²) < 4.78 is 12.1. The van der Waals surface area contributed by atoms with E-state index in [0.29, 0.717) is 11.3 Å². The van der Waals surface area contributed by atoms with Crippen LogP contribution in [0.5, 0.6) is 0 Å². The van der Waals surface area contributed by atoms with Gasteiger partial charge in [-0.25, -0.2) is 4.79 Å². The Kier molecular flexibility index (Phi) is 5.17. The Hall–Kier alpha value is -3.34. The molecule has 26 heavy (non-hydrogen) atoms. The van der Waals surface area contributed by atoms with E-state index in [0.717, 1.165) is 17.1 Å². The Morgan fingerprint density at radius 1 is 1.12 bits per heavy atom. The summed E-state index contributed by atoms with van der Waals surface area (Å²) in [5, 5.41) is 0. The Morgan fingerprint density at radius 2 is 1.88 bits per heavy atom. The highest BCUT2D eigenvalue weighted by Gasteiger charge is 2.17. The summed E-state index contributed by atoms with van der Waals surface area (Å²) >= 11 is 0. The Balaban J connectivity index is 1.68. The third-order valence-corrected chi connectivity index (χ3v) is 4.02. The summed E-state index contributed by atoms with van der Waals surface area (Å²) in [4.78, 5) is 24.2. The number of rotatable bonds is 6. The number of hydrogen-bond acceptors (Lipinski definition) is 4. The molecular weight excluding hydrogens is 330 g/mol. The van der Waals surface area contributed by atoms with Crippen molar-refractivity contribution in [3.8, 4) is 5.69 Å². The van der Waals surface area contributed by atoms with Gasteiger partial charge in [-0.2, -0.15) is 0 Å². The first-order valence-electron chi connectivity index (χ1n) is 8.22. The van der Waals surface area contributed by atoms with E-state index >= 15 is 0 Å². The number of aryl methyl sites for hydroxylation is 1. The molecule has 1 aromatic carbocycles. The van der Waals surface area contributed by atoms with Gasteiger partial charge in [-0.05, 0) is 50.3 Å². The van der Waals surface area contributed by atoms with E-state index in [-0.39, 0.29) is 12.4 Å². The van der Waals surface area contributed by atoms with Gasteiger partial charge in [-0.15, -0.1) is 0 Å². The fourth-order valence-corrected chi connectivity index (χ4v) is 2.82. The van der Waals surface area contributed by atoms with Crippen LogP contribution in [0.25, 0.3) is 11.8 Å². The number of para-hydroxylation sites is 1. The number of ether oxygens (including phenoxy) is 1. The number of esters is 1. The largest absolute Gasteiger partial charge is 0.465 e. The fourth-order valence-electron chi connectivity index (χ4n) is 2.82. The minimum absolute atomic E-state index is 0.236. The molecule has 0 fully saturated rings. The zero-order chi connectivity index (χ0) is 18.5. The number of furan rings is 1. The first-order valence-corrected chi connectivity index (χ1v) is 8.22. The highest BCUT2D eigenvalue weighted by Crippen LogP contribution is 2.21. The Labute approximate surface area is 151 Å². The minimum Gasteiger partial charge on any atom is -0.465 e. The molecule has 0 unspecified atom stereocenters. The summed E-state index contributed by atoms with van der Waals surface area (Å²) in [6.07, 6.45) is 4.24. The van der Waals surface area contributed by atoms with Gasteiger partial charge >= 0.3 is 5.97 Å². The lowest BCUT2D eigenvalue weighted by molar-refractivity contribution is -0.136. The Bertz CT molecular complexity index is 934. The molecule has 3 rings (SSSR count). The monoisotopic (exact) mass is 349 g/mol. The van der Waals surface area contributed by atoms with Crippen molar-refractivity contribution in [1.29, 1.82) is 0 Å². The summed E-state index contributed by atoms with van der Waals surface area (Å²) in [5.74, 6) is -0.286. The number of ketones is 1.